The van der Waals surface area contributed by atoms with Crippen LogP contribution in [0.1, 0.15) is 35.7 Å². The number of amides is 1. The molecule has 0 atom stereocenters. The number of likely N-dealkylation sites (N-methyl/N-ethyl adjacent to an activating group) is 1. The Kier molecular flexibility index (Phi) is 4.01. The van der Waals surface area contributed by atoms with Gasteiger partial charge < -0.3 is 14.3 Å². The fraction of sp³-hybridized carbons (Fsp3) is 0.692. The third-order valence-corrected chi connectivity index (χ3v) is 3.59. The molecule has 2 heterocycles. The predicted octanol–water partition coefficient (Wildman–Crippen LogP) is 1.32. The molecule has 100 valence electrons. The van der Waals surface area contributed by atoms with Crippen molar-refractivity contribution in [2.45, 2.75) is 27.2 Å². The first kappa shape index (κ1) is 13.1. The van der Waals surface area contributed by atoms with Gasteiger partial charge in [-0.3, -0.25) is 4.79 Å². The Morgan fingerprint density at radius 3 is 2.50 bits per heavy atom. The molecule has 2 rings (SSSR count). The zero-order chi connectivity index (χ0) is 13.1. The van der Waals surface area contributed by atoms with E-state index in [4.69, 9.17) is 4.52 Å². The molecule has 1 fully saturated rings. The minimum absolute atomic E-state index is 0.0707. The maximum Gasteiger partial charge on any atom is 0.259 e. The number of hydrogen-bond donors (Lipinski definition) is 0. The van der Waals surface area contributed by atoms with E-state index in [1.54, 1.807) is 0 Å². The quantitative estimate of drug-likeness (QED) is 0.813. The average molecular weight is 251 g/mol. The van der Waals surface area contributed by atoms with Gasteiger partial charge in [0, 0.05) is 26.2 Å². The molecule has 5 heteroatoms. The van der Waals surface area contributed by atoms with E-state index in [1.165, 1.54) is 0 Å². The van der Waals surface area contributed by atoms with Crippen LogP contribution in [0.2, 0.25) is 0 Å². The lowest BCUT2D eigenvalue weighted by molar-refractivity contribution is 0.0641. The van der Waals surface area contributed by atoms with Gasteiger partial charge in [-0.15, -0.1) is 0 Å². The van der Waals surface area contributed by atoms with Crippen molar-refractivity contribution in [1.82, 2.24) is 15.0 Å². The molecule has 0 radical (unpaired) electrons. The van der Waals surface area contributed by atoms with Crippen molar-refractivity contribution < 1.29 is 9.32 Å². The second kappa shape index (κ2) is 5.52. The molecule has 0 spiro atoms. The van der Waals surface area contributed by atoms with Crippen molar-refractivity contribution in [3.8, 4) is 0 Å². The summed E-state index contributed by atoms with van der Waals surface area (Å²) in [6.07, 6.45) is 0.730. The Hall–Kier alpha value is -1.36. The number of carbonyl (C=O) groups excluding carboxylic acids is 1. The molecule has 1 aromatic rings. The Labute approximate surface area is 108 Å². The first-order valence-corrected chi connectivity index (χ1v) is 6.64. The van der Waals surface area contributed by atoms with Gasteiger partial charge >= 0.3 is 0 Å². The van der Waals surface area contributed by atoms with Crippen LogP contribution in [0.5, 0.6) is 0 Å². The number of aryl methyl sites for hydroxylation is 2. The van der Waals surface area contributed by atoms with Crippen LogP contribution < -0.4 is 0 Å². The lowest BCUT2D eigenvalue weighted by atomic mass is 10.1. The number of piperazine rings is 1. The Balaban J connectivity index is 2.10. The summed E-state index contributed by atoms with van der Waals surface area (Å²) in [5, 5.41) is 3.95. The van der Waals surface area contributed by atoms with Crippen LogP contribution in [0.3, 0.4) is 0 Å². The van der Waals surface area contributed by atoms with Gasteiger partial charge in [-0.05, 0) is 19.9 Å². The summed E-state index contributed by atoms with van der Waals surface area (Å²) in [4.78, 5) is 16.7. The van der Waals surface area contributed by atoms with E-state index >= 15 is 0 Å². The number of nitrogens with zero attached hydrogens (tertiary/aromatic N) is 3. The predicted molar refractivity (Wildman–Crippen MR) is 68.6 cm³/mol. The average Bonchev–Trinajstić information content (AvgIpc) is 2.79. The Bertz CT molecular complexity index is 420. The lowest BCUT2D eigenvalue weighted by Gasteiger charge is -2.34. The van der Waals surface area contributed by atoms with Gasteiger partial charge in [0.1, 0.15) is 11.3 Å². The van der Waals surface area contributed by atoms with E-state index in [2.05, 4.69) is 17.0 Å². The zero-order valence-corrected chi connectivity index (χ0v) is 11.4. The highest BCUT2D eigenvalue weighted by Gasteiger charge is 2.26. The van der Waals surface area contributed by atoms with Gasteiger partial charge in [-0.1, -0.05) is 19.0 Å². The monoisotopic (exact) mass is 251 g/mol. The van der Waals surface area contributed by atoms with E-state index < -0.39 is 0 Å². The molecule has 1 aromatic heterocycles. The summed E-state index contributed by atoms with van der Waals surface area (Å²) in [5.41, 5.74) is 1.44. The molecule has 1 aliphatic rings. The normalized spacial score (nSPS) is 17.2. The molecule has 0 unspecified atom stereocenters. The molecule has 0 bridgehead atoms. The smallest absolute Gasteiger partial charge is 0.259 e. The SMILES string of the molecule is CCc1noc(C)c1C(=O)N1CCN(CC)CC1. The molecule has 0 saturated carbocycles. The van der Waals surface area contributed by atoms with Crippen LogP contribution >= 0.6 is 0 Å². The molecule has 1 aliphatic heterocycles. The van der Waals surface area contributed by atoms with Crippen molar-refractivity contribution >= 4 is 5.91 Å². The van der Waals surface area contributed by atoms with Crippen LogP contribution in [0.15, 0.2) is 4.52 Å². The summed E-state index contributed by atoms with van der Waals surface area (Å²) < 4.78 is 5.13. The maximum absolute atomic E-state index is 12.5. The molecule has 5 nitrogen and oxygen atoms in total. The second-order valence-corrected chi connectivity index (χ2v) is 4.64. The molecule has 1 amide bonds. The van der Waals surface area contributed by atoms with E-state index in [-0.39, 0.29) is 5.91 Å². The standard InChI is InChI=1S/C13H21N3O2/c1-4-11-12(10(3)18-14-11)13(17)16-8-6-15(5-2)7-9-16/h4-9H2,1-3H3. The van der Waals surface area contributed by atoms with Crippen molar-refractivity contribution in [2.75, 3.05) is 32.7 Å². The van der Waals surface area contributed by atoms with Gasteiger partial charge in [-0.2, -0.15) is 0 Å². The highest BCUT2D eigenvalue weighted by Crippen LogP contribution is 2.17. The van der Waals surface area contributed by atoms with E-state index in [0.29, 0.717) is 11.3 Å². The molecule has 0 aliphatic carbocycles. The van der Waals surface area contributed by atoms with E-state index in [0.717, 1.165) is 44.8 Å². The minimum Gasteiger partial charge on any atom is -0.361 e. The largest absolute Gasteiger partial charge is 0.361 e. The van der Waals surface area contributed by atoms with E-state index in [9.17, 15) is 4.79 Å². The van der Waals surface area contributed by atoms with Crippen molar-refractivity contribution in [1.29, 1.82) is 0 Å². The maximum atomic E-state index is 12.5. The number of rotatable bonds is 3. The van der Waals surface area contributed by atoms with Crippen LogP contribution in [-0.2, 0) is 6.42 Å². The Morgan fingerprint density at radius 1 is 1.28 bits per heavy atom. The first-order valence-electron chi connectivity index (χ1n) is 6.64. The third-order valence-electron chi connectivity index (χ3n) is 3.59. The fourth-order valence-electron chi connectivity index (χ4n) is 2.36. The molecule has 18 heavy (non-hydrogen) atoms. The van der Waals surface area contributed by atoms with Crippen LogP contribution in [-0.4, -0.2) is 53.6 Å². The van der Waals surface area contributed by atoms with Crippen LogP contribution in [0.25, 0.3) is 0 Å². The van der Waals surface area contributed by atoms with Gasteiger partial charge in [0.25, 0.3) is 5.91 Å². The molecular weight excluding hydrogens is 230 g/mol. The van der Waals surface area contributed by atoms with Gasteiger partial charge in [-0.25, -0.2) is 0 Å². The van der Waals surface area contributed by atoms with Gasteiger partial charge in [0.15, 0.2) is 0 Å². The zero-order valence-electron chi connectivity index (χ0n) is 11.4. The Morgan fingerprint density at radius 2 is 1.94 bits per heavy atom. The summed E-state index contributed by atoms with van der Waals surface area (Å²) in [5.74, 6) is 0.705. The molecular formula is C13H21N3O2. The second-order valence-electron chi connectivity index (χ2n) is 4.64. The first-order chi connectivity index (χ1) is 8.67. The van der Waals surface area contributed by atoms with Crippen LogP contribution in [0, 0.1) is 6.92 Å². The highest BCUT2D eigenvalue weighted by molar-refractivity contribution is 5.96. The topological polar surface area (TPSA) is 49.6 Å². The fourth-order valence-corrected chi connectivity index (χ4v) is 2.36. The molecule has 0 N–H and O–H groups in total. The van der Waals surface area contributed by atoms with Gasteiger partial charge in [0.05, 0.1) is 5.69 Å². The summed E-state index contributed by atoms with van der Waals surface area (Å²) in [7, 11) is 0. The third kappa shape index (κ3) is 2.41. The van der Waals surface area contributed by atoms with E-state index in [1.807, 2.05) is 18.7 Å². The van der Waals surface area contributed by atoms with Crippen molar-refractivity contribution in [3.05, 3.63) is 17.0 Å². The minimum atomic E-state index is 0.0707. The molecule has 0 aromatic carbocycles. The summed E-state index contributed by atoms with van der Waals surface area (Å²) in [6.45, 7) is 10.5. The van der Waals surface area contributed by atoms with Crippen molar-refractivity contribution in [3.63, 3.8) is 0 Å². The number of aromatic nitrogens is 1. The summed E-state index contributed by atoms with van der Waals surface area (Å²) >= 11 is 0. The van der Waals surface area contributed by atoms with Crippen molar-refractivity contribution in [2.24, 2.45) is 0 Å². The highest BCUT2D eigenvalue weighted by atomic mass is 16.5. The lowest BCUT2D eigenvalue weighted by Crippen LogP contribution is -2.48. The number of hydrogen-bond acceptors (Lipinski definition) is 4. The summed E-state index contributed by atoms with van der Waals surface area (Å²) in [6, 6.07) is 0. The van der Waals surface area contributed by atoms with Gasteiger partial charge in [0.2, 0.25) is 0 Å². The number of carbonyl (C=O) groups is 1. The molecule has 1 saturated heterocycles. The van der Waals surface area contributed by atoms with Crippen LogP contribution in [0.4, 0.5) is 0 Å².